The van der Waals surface area contributed by atoms with Crippen molar-refractivity contribution >= 4 is 5.91 Å². The van der Waals surface area contributed by atoms with Gasteiger partial charge in [-0.2, -0.15) is 0 Å². The number of carbonyl (C=O) groups excluding carboxylic acids is 1. The number of carbonyl (C=O) groups is 1. The zero-order valence-electron chi connectivity index (χ0n) is 14.3. The van der Waals surface area contributed by atoms with Crippen LogP contribution in [-0.4, -0.2) is 17.6 Å². The Labute approximate surface area is 137 Å². The van der Waals surface area contributed by atoms with Crippen molar-refractivity contribution in [1.29, 1.82) is 0 Å². The van der Waals surface area contributed by atoms with Crippen LogP contribution in [0.4, 0.5) is 0 Å². The van der Waals surface area contributed by atoms with Gasteiger partial charge in [0.15, 0.2) is 0 Å². The first-order valence-electron chi connectivity index (χ1n) is 7.90. The van der Waals surface area contributed by atoms with Gasteiger partial charge in [0.2, 0.25) is 5.91 Å². The third-order valence-electron chi connectivity index (χ3n) is 4.02. The Hall–Kier alpha value is -2.07. The van der Waals surface area contributed by atoms with E-state index in [-0.39, 0.29) is 12.5 Å². The normalized spacial score (nSPS) is 13.6. The fraction of sp³-hybridized carbons (Fsp3) is 0.421. The molecule has 0 bridgehead atoms. The molecule has 4 nitrogen and oxygen atoms in total. The molecule has 2 aromatic rings. The lowest BCUT2D eigenvalue weighted by Gasteiger charge is -2.21. The van der Waals surface area contributed by atoms with Crippen molar-refractivity contribution in [3.05, 3.63) is 58.5 Å². The molecule has 0 saturated heterocycles. The second kappa shape index (κ2) is 7.01. The summed E-state index contributed by atoms with van der Waals surface area (Å²) in [6.07, 6.45) is 1.09. The van der Waals surface area contributed by atoms with E-state index in [0.717, 1.165) is 5.76 Å². The van der Waals surface area contributed by atoms with E-state index in [1.54, 1.807) is 19.1 Å². The lowest BCUT2D eigenvalue weighted by molar-refractivity contribution is -0.122. The van der Waals surface area contributed by atoms with Crippen LogP contribution in [-0.2, 0) is 16.8 Å². The minimum atomic E-state index is -1.20. The molecular weight excluding hydrogens is 290 g/mol. The van der Waals surface area contributed by atoms with E-state index in [2.05, 4.69) is 37.4 Å². The monoisotopic (exact) mass is 315 g/mol. The van der Waals surface area contributed by atoms with Gasteiger partial charge in [-0.25, -0.2) is 0 Å². The van der Waals surface area contributed by atoms with Crippen LogP contribution in [0.1, 0.15) is 41.6 Å². The highest BCUT2D eigenvalue weighted by atomic mass is 16.4. The average Bonchev–Trinajstić information content (AvgIpc) is 2.92. The second-order valence-electron chi connectivity index (χ2n) is 6.39. The number of nitrogens with one attached hydrogen (secondary N) is 1. The molecule has 2 rings (SSSR count). The standard InChI is InChI=1S/C19H25NO3/c1-13-5-7-16(14(2)11-13)8-10-18(21)20-12-19(4,22)17-9-6-15(3)23-17/h5-7,9,11,22H,8,10,12H2,1-4H3,(H,20,21). The summed E-state index contributed by atoms with van der Waals surface area (Å²) in [6.45, 7) is 7.70. The van der Waals surface area contributed by atoms with Crippen molar-refractivity contribution in [1.82, 2.24) is 5.32 Å². The van der Waals surface area contributed by atoms with Crippen LogP contribution in [0.25, 0.3) is 0 Å². The Morgan fingerprint density at radius 1 is 1.22 bits per heavy atom. The van der Waals surface area contributed by atoms with Crippen molar-refractivity contribution in [2.75, 3.05) is 6.54 Å². The Bertz CT molecular complexity index is 686. The van der Waals surface area contributed by atoms with Crippen LogP contribution >= 0.6 is 0 Å². The van der Waals surface area contributed by atoms with Crippen LogP contribution < -0.4 is 5.32 Å². The fourth-order valence-electron chi connectivity index (χ4n) is 2.54. The van der Waals surface area contributed by atoms with Gasteiger partial charge in [0.1, 0.15) is 17.1 Å². The Kier molecular flexibility index (Phi) is 5.26. The predicted octanol–water partition coefficient (Wildman–Crippen LogP) is 3.16. The highest BCUT2D eigenvalue weighted by Gasteiger charge is 2.27. The highest BCUT2D eigenvalue weighted by molar-refractivity contribution is 5.76. The molecule has 1 atom stereocenters. The summed E-state index contributed by atoms with van der Waals surface area (Å²) in [7, 11) is 0. The number of hydrogen-bond donors (Lipinski definition) is 2. The van der Waals surface area contributed by atoms with E-state index in [4.69, 9.17) is 4.42 Å². The third-order valence-corrected chi connectivity index (χ3v) is 4.02. The van der Waals surface area contributed by atoms with Gasteiger partial charge in [-0.3, -0.25) is 4.79 Å². The van der Waals surface area contributed by atoms with E-state index in [9.17, 15) is 9.90 Å². The first-order valence-corrected chi connectivity index (χ1v) is 7.90. The van der Waals surface area contributed by atoms with Gasteiger partial charge >= 0.3 is 0 Å². The summed E-state index contributed by atoms with van der Waals surface area (Å²) in [6, 6.07) is 9.78. The van der Waals surface area contributed by atoms with Gasteiger partial charge in [-0.05, 0) is 57.4 Å². The smallest absolute Gasteiger partial charge is 0.220 e. The summed E-state index contributed by atoms with van der Waals surface area (Å²) in [5, 5.41) is 13.2. The largest absolute Gasteiger partial charge is 0.463 e. The maximum absolute atomic E-state index is 12.0. The number of hydrogen-bond acceptors (Lipinski definition) is 3. The minimum Gasteiger partial charge on any atom is -0.463 e. The number of furan rings is 1. The average molecular weight is 315 g/mol. The van der Waals surface area contributed by atoms with Gasteiger partial charge in [-0.15, -0.1) is 0 Å². The Morgan fingerprint density at radius 2 is 1.96 bits per heavy atom. The van der Waals surface area contributed by atoms with Gasteiger partial charge in [-0.1, -0.05) is 23.8 Å². The molecule has 124 valence electrons. The number of aliphatic hydroxyl groups is 1. The summed E-state index contributed by atoms with van der Waals surface area (Å²) in [4.78, 5) is 12.0. The molecule has 0 aliphatic carbocycles. The van der Waals surface area contributed by atoms with Crippen molar-refractivity contribution in [3.63, 3.8) is 0 Å². The SMILES string of the molecule is Cc1ccc(CCC(=O)NCC(C)(O)c2ccc(C)o2)c(C)c1. The fourth-order valence-corrected chi connectivity index (χ4v) is 2.54. The molecule has 2 N–H and O–H groups in total. The van der Waals surface area contributed by atoms with Gasteiger partial charge in [0.25, 0.3) is 0 Å². The molecule has 0 aliphatic rings. The molecule has 1 aromatic carbocycles. The maximum atomic E-state index is 12.0. The summed E-state index contributed by atoms with van der Waals surface area (Å²) < 4.78 is 5.44. The summed E-state index contributed by atoms with van der Waals surface area (Å²) in [5.74, 6) is 1.12. The van der Waals surface area contributed by atoms with Crippen molar-refractivity contribution in [2.45, 2.75) is 46.1 Å². The number of amides is 1. The molecule has 0 saturated carbocycles. The van der Waals surface area contributed by atoms with Crippen LogP contribution in [0.15, 0.2) is 34.7 Å². The molecule has 1 heterocycles. The highest BCUT2D eigenvalue weighted by Crippen LogP contribution is 2.22. The maximum Gasteiger partial charge on any atom is 0.220 e. The molecular formula is C19H25NO3. The minimum absolute atomic E-state index is 0.0754. The molecule has 1 aromatic heterocycles. The first-order chi connectivity index (χ1) is 10.8. The molecule has 1 unspecified atom stereocenters. The zero-order valence-corrected chi connectivity index (χ0v) is 14.3. The molecule has 0 aliphatic heterocycles. The van der Waals surface area contributed by atoms with Crippen molar-refractivity contribution < 1.29 is 14.3 Å². The van der Waals surface area contributed by atoms with Crippen LogP contribution in [0.3, 0.4) is 0 Å². The van der Waals surface area contributed by atoms with Gasteiger partial charge in [0, 0.05) is 6.42 Å². The van der Waals surface area contributed by atoms with E-state index < -0.39 is 5.60 Å². The molecule has 0 spiro atoms. The summed E-state index contributed by atoms with van der Waals surface area (Å²) >= 11 is 0. The van der Waals surface area contributed by atoms with Crippen molar-refractivity contribution in [3.8, 4) is 0 Å². The quantitative estimate of drug-likeness (QED) is 0.860. The van der Waals surface area contributed by atoms with E-state index in [1.165, 1.54) is 16.7 Å². The second-order valence-corrected chi connectivity index (χ2v) is 6.39. The van der Waals surface area contributed by atoms with E-state index in [0.29, 0.717) is 18.6 Å². The third kappa shape index (κ3) is 4.70. The lowest BCUT2D eigenvalue weighted by atomic mass is 10.0. The topological polar surface area (TPSA) is 62.5 Å². The van der Waals surface area contributed by atoms with Crippen LogP contribution in [0.5, 0.6) is 0 Å². The number of benzene rings is 1. The Morgan fingerprint density at radius 3 is 2.57 bits per heavy atom. The lowest BCUT2D eigenvalue weighted by Crippen LogP contribution is -2.38. The van der Waals surface area contributed by atoms with Crippen molar-refractivity contribution in [2.24, 2.45) is 0 Å². The molecule has 0 radical (unpaired) electrons. The van der Waals surface area contributed by atoms with Gasteiger partial charge in [0.05, 0.1) is 6.54 Å². The van der Waals surface area contributed by atoms with Gasteiger partial charge < -0.3 is 14.8 Å². The van der Waals surface area contributed by atoms with Crippen LogP contribution in [0, 0.1) is 20.8 Å². The number of rotatable bonds is 6. The molecule has 4 heteroatoms. The Balaban J connectivity index is 1.85. The predicted molar refractivity (Wildman–Crippen MR) is 90.3 cm³/mol. The van der Waals surface area contributed by atoms with Crippen LogP contribution in [0.2, 0.25) is 0 Å². The molecule has 23 heavy (non-hydrogen) atoms. The number of aryl methyl sites for hydroxylation is 4. The first kappa shape index (κ1) is 17.3. The van der Waals surface area contributed by atoms with E-state index >= 15 is 0 Å². The summed E-state index contributed by atoms with van der Waals surface area (Å²) in [5.41, 5.74) is 2.40. The zero-order chi connectivity index (χ0) is 17.0. The van der Waals surface area contributed by atoms with E-state index in [1.807, 2.05) is 6.92 Å². The molecule has 1 amide bonds. The molecule has 0 fully saturated rings.